The molecule has 70 heavy (non-hydrogen) atoms. The van der Waals surface area contributed by atoms with E-state index in [2.05, 4.69) is 82.0 Å². The monoisotopic (exact) mass is 1250 g/mol. The van der Waals surface area contributed by atoms with Crippen molar-refractivity contribution in [1.29, 1.82) is 0 Å². The molecule has 0 N–H and O–H groups in total. The van der Waals surface area contributed by atoms with Crippen molar-refractivity contribution in [2.24, 2.45) is 0 Å². The summed E-state index contributed by atoms with van der Waals surface area (Å²) in [6.07, 6.45) is 11.9. The van der Waals surface area contributed by atoms with E-state index in [0.29, 0.717) is 0 Å². The van der Waals surface area contributed by atoms with Crippen molar-refractivity contribution in [3.05, 3.63) is 154 Å². The van der Waals surface area contributed by atoms with Crippen LogP contribution in [0.15, 0.2) is 123 Å². The first-order valence-electron chi connectivity index (χ1n) is 17.5. The van der Waals surface area contributed by atoms with E-state index in [-0.39, 0.29) is 107 Å². The molecule has 0 aliphatic carbocycles. The van der Waals surface area contributed by atoms with Crippen molar-refractivity contribution in [3.8, 4) is 22.8 Å². The second-order valence-corrected chi connectivity index (χ2v) is 10.8. The maximum atomic E-state index is 9.84. The van der Waals surface area contributed by atoms with Crippen LogP contribution in [0.2, 0.25) is 0 Å². The van der Waals surface area contributed by atoms with Gasteiger partial charge in [-0.25, -0.2) is 18.7 Å². The fraction of sp³-hybridized carbons (Fsp3) is 0.125. The average molecular weight is 1250 g/mol. The van der Waals surface area contributed by atoms with Crippen LogP contribution in [-0.4, -0.2) is 135 Å². The fourth-order valence-corrected chi connectivity index (χ4v) is 3.60. The molecule has 0 saturated carbocycles. The Labute approximate surface area is 453 Å². The second-order valence-electron chi connectivity index (χ2n) is 10.8. The largest absolute Gasteiger partial charge is 3.00 e. The number of hydrogen-bond acceptors (Lipinski definition) is 30. The van der Waals surface area contributed by atoms with E-state index < -0.39 is 34.1 Å². The van der Waals surface area contributed by atoms with Crippen molar-refractivity contribution >= 4 is 23.9 Å². The van der Waals surface area contributed by atoms with E-state index in [4.69, 9.17) is 30.6 Å². The first-order valence-corrected chi connectivity index (χ1v) is 17.5. The third-order valence-corrected chi connectivity index (χ3v) is 5.91. The number of hydrogen-bond donors (Lipinski definition) is 0. The van der Waals surface area contributed by atoms with Gasteiger partial charge < -0.3 is 70.2 Å². The Morgan fingerprint density at radius 1 is 0.386 bits per heavy atom. The van der Waals surface area contributed by atoms with Gasteiger partial charge in [0.15, 0.2) is 0 Å². The predicted molar refractivity (Wildman–Crippen MR) is 207 cm³/mol. The van der Waals surface area contributed by atoms with E-state index in [1.54, 1.807) is 24.8 Å². The van der Waals surface area contributed by atoms with E-state index in [9.17, 15) is 39.6 Å². The van der Waals surface area contributed by atoms with Crippen LogP contribution in [0.3, 0.4) is 0 Å². The number of carbonyl (C=O) groups excluding carboxylic acids is 4. The number of rotatable bonds is 10. The zero-order valence-corrected chi connectivity index (χ0v) is 40.0. The van der Waals surface area contributed by atoms with Gasteiger partial charge >= 0.3 is 80.8 Å². The van der Waals surface area contributed by atoms with Gasteiger partial charge in [-0.05, 0) is 90.2 Å². The SMILES string of the molecule is O=C([O-])Cn1cnnn1.O=C([O-])Cn1cnnn1.O=C([O-])Cn1cnnn1.O=C([O-])Cn1cnnn1.O=[N+]([O-])[O-].O=[N+]([O-])[O-].[Sm+3].[Sm+3].c1ccc(-c2ccccn2)nc1.c1ccc(-c2ccccn2)nc1. The summed E-state index contributed by atoms with van der Waals surface area (Å²) >= 11 is 0. The summed E-state index contributed by atoms with van der Waals surface area (Å²) in [5, 5.41) is 108. The number of carboxylic acid groups (broad SMARTS) is 4. The first kappa shape index (κ1) is 63.9. The second kappa shape index (κ2) is 40.0. The minimum Gasteiger partial charge on any atom is -0.548 e. The summed E-state index contributed by atoms with van der Waals surface area (Å²) in [7, 11) is 0. The number of tetrazole rings is 4. The molecule has 2 radical (unpaired) electrons. The fourth-order valence-electron chi connectivity index (χ4n) is 3.60. The van der Waals surface area contributed by atoms with Crippen LogP contribution in [-0.2, 0) is 45.4 Å². The zero-order valence-electron chi connectivity index (χ0n) is 34.7. The number of carboxylic acids is 4. The molecule has 38 heteroatoms. The molecule has 0 bridgehead atoms. The molecule has 8 rings (SSSR count). The van der Waals surface area contributed by atoms with E-state index in [0.717, 1.165) is 41.5 Å². The van der Waals surface area contributed by atoms with E-state index in [1.807, 2.05) is 72.8 Å². The van der Waals surface area contributed by atoms with Crippen molar-refractivity contribution in [3.63, 3.8) is 0 Å². The van der Waals surface area contributed by atoms with Crippen molar-refractivity contribution in [2.75, 3.05) is 0 Å². The van der Waals surface area contributed by atoms with Gasteiger partial charge in [0.2, 0.25) is 0 Å². The summed E-state index contributed by atoms with van der Waals surface area (Å²) in [5.74, 6) is -4.82. The van der Waals surface area contributed by atoms with Crippen LogP contribution in [0.4, 0.5) is 0 Å². The van der Waals surface area contributed by atoms with E-state index in [1.165, 1.54) is 25.3 Å². The van der Waals surface area contributed by atoms with Gasteiger partial charge in [0.1, 0.15) is 25.3 Å². The average Bonchev–Trinajstić information content (AvgIpc) is 4.17. The van der Waals surface area contributed by atoms with Crippen LogP contribution >= 0.6 is 0 Å². The number of aliphatic carboxylic acids is 4. The van der Waals surface area contributed by atoms with Gasteiger partial charge in [-0.1, -0.05) is 24.3 Å². The third kappa shape index (κ3) is 36.0. The van der Waals surface area contributed by atoms with Crippen molar-refractivity contribution < 1.29 is 131 Å². The molecule has 8 aromatic rings. The molecular weight excluding hydrogens is 1220 g/mol. The van der Waals surface area contributed by atoms with E-state index >= 15 is 0 Å². The minimum atomic E-state index is -1.75. The molecule has 0 amide bonds. The summed E-state index contributed by atoms with van der Waals surface area (Å²) in [5.41, 5.74) is 3.66. The summed E-state index contributed by atoms with van der Waals surface area (Å²) < 4.78 is 4.26. The number of pyridine rings is 4. The molecule has 0 spiro atoms. The summed E-state index contributed by atoms with van der Waals surface area (Å²) in [6, 6.07) is 23.2. The van der Waals surface area contributed by atoms with Gasteiger partial charge in [-0.2, -0.15) is 0 Å². The summed E-state index contributed by atoms with van der Waals surface area (Å²) in [4.78, 5) is 72.6. The number of carbonyl (C=O) groups is 4. The molecule has 0 aromatic carbocycles. The molecule has 36 nitrogen and oxygen atoms in total. The Hall–Kier alpha value is -8.16. The normalized spacial score (nSPS) is 8.80. The van der Waals surface area contributed by atoms with Gasteiger partial charge in [-0.3, -0.25) is 19.9 Å². The Morgan fingerprint density at radius 3 is 0.686 bits per heavy atom. The van der Waals surface area contributed by atoms with Crippen molar-refractivity contribution in [1.82, 2.24) is 101 Å². The van der Waals surface area contributed by atoms with Crippen LogP contribution in [0, 0.1) is 111 Å². The minimum absolute atomic E-state index is 0. The van der Waals surface area contributed by atoms with Gasteiger partial charge in [-0.15, -0.1) is 20.4 Å². The van der Waals surface area contributed by atoms with Crippen LogP contribution in [0.5, 0.6) is 0 Å². The van der Waals surface area contributed by atoms with Crippen LogP contribution in [0.25, 0.3) is 22.8 Å². The van der Waals surface area contributed by atoms with Crippen LogP contribution < -0.4 is 20.4 Å². The van der Waals surface area contributed by atoms with Gasteiger partial charge in [0, 0.05) is 24.8 Å². The molecule has 0 unspecified atom stereocenters. The molecule has 0 fully saturated rings. The van der Waals surface area contributed by atoms with Gasteiger partial charge in [0.25, 0.3) is 0 Å². The Bertz CT molecular complexity index is 2210. The molecule has 0 atom stereocenters. The third-order valence-electron chi connectivity index (χ3n) is 5.91. The predicted octanol–water partition coefficient (Wildman–Crippen LogP) is -6.50. The number of aromatic nitrogens is 20. The first-order chi connectivity index (χ1) is 32.5. The zero-order chi connectivity index (χ0) is 50.4. The topological polar surface area (TPSA) is 519 Å². The quantitative estimate of drug-likeness (QED) is 0.0907. The molecule has 0 saturated heterocycles. The smallest absolute Gasteiger partial charge is 0.548 e. The van der Waals surface area contributed by atoms with Crippen molar-refractivity contribution in [2.45, 2.75) is 26.2 Å². The Morgan fingerprint density at radius 2 is 0.571 bits per heavy atom. The molecule has 362 valence electrons. The Kier molecular flexibility index (Phi) is 36.5. The van der Waals surface area contributed by atoms with Crippen LogP contribution in [0.1, 0.15) is 0 Å². The molecule has 8 heterocycles. The molecule has 0 aliphatic heterocycles. The standard InChI is InChI=1S/2C10H8N2.4C3H4N4O2.2NO3.2Sm/c2*1-3-7-11-9(5-1)10-6-2-4-8-12-10;4*8-3(9)1-7-2-4-5-6-7;2*2-1(3)4;;/h2*1-8H;4*2H,1H2,(H,8,9);;;;/q;;;;;;2*-1;2*+3/p-4. The molecular formula is C32H28N22O14Sm2. The number of nitrogens with zero attached hydrogens (tertiary/aromatic N) is 22. The Balaban J connectivity index is 0. The molecule has 0 aliphatic rings. The summed E-state index contributed by atoms with van der Waals surface area (Å²) in [6.45, 7) is -1.19. The maximum absolute atomic E-state index is 9.84. The van der Waals surface area contributed by atoms with Gasteiger partial charge in [0.05, 0.1) is 83.0 Å². The molecule has 8 aromatic heterocycles. The maximum Gasteiger partial charge on any atom is 3.00 e.